The smallest absolute Gasteiger partial charge is 0.166 e. The predicted octanol–water partition coefficient (Wildman–Crippen LogP) is 3.22. The highest BCUT2D eigenvalue weighted by molar-refractivity contribution is 8.88. The molecule has 1 aromatic rings. The normalized spacial score (nSPS) is 14.4. The fourth-order valence-corrected chi connectivity index (χ4v) is 7.80. The molecule has 7 heteroatoms. The molecule has 0 saturated heterocycles. The van der Waals surface area contributed by atoms with Gasteiger partial charge < -0.3 is 15.2 Å². The Kier molecular flexibility index (Phi) is 5.38. The van der Waals surface area contributed by atoms with Crippen molar-refractivity contribution in [2.45, 2.75) is 9.79 Å². The molecule has 0 amide bonds. The molecule has 1 heterocycles. The quantitative estimate of drug-likeness (QED) is 0.505. The zero-order chi connectivity index (χ0) is 12.1. The van der Waals surface area contributed by atoms with Crippen LogP contribution in [-0.2, 0) is 4.52 Å². The van der Waals surface area contributed by atoms with Crippen molar-refractivity contribution < 1.29 is 4.52 Å². The van der Waals surface area contributed by atoms with E-state index in [1.807, 2.05) is 22.8 Å². The number of hydrogen-bond acceptors (Lipinski definition) is 4. The van der Waals surface area contributed by atoms with E-state index in [2.05, 4.69) is 34.9 Å². The van der Waals surface area contributed by atoms with Crippen molar-refractivity contribution in [1.82, 2.24) is 10.6 Å². The number of nitrogens with one attached hydrogen (secondary N) is 2. The lowest BCUT2D eigenvalue weighted by Crippen LogP contribution is -2.34. The Hall–Kier alpha value is -0.000000000000000111. The number of fused-ring (bicyclic) bond motifs is 1. The van der Waals surface area contributed by atoms with Gasteiger partial charge in [-0.15, -0.1) is 0 Å². The third-order valence-corrected chi connectivity index (χ3v) is 8.33. The molecular weight excluding hydrogens is 291 g/mol. The fraction of sp³-hybridized carbons (Fsp3) is 0.300. The van der Waals surface area contributed by atoms with Crippen molar-refractivity contribution in [2.75, 3.05) is 20.2 Å². The summed E-state index contributed by atoms with van der Waals surface area (Å²) in [5, 5.41) is 6.60. The molecule has 0 fully saturated rings. The second-order valence-corrected chi connectivity index (χ2v) is 9.33. The van der Waals surface area contributed by atoms with Gasteiger partial charge >= 0.3 is 0 Å². The van der Waals surface area contributed by atoms with E-state index in [4.69, 9.17) is 16.7 Å². The van der Waals surface area contributed by atoms with Gasteiger partial charge in [0.25, 0.3) is 0 Å². The highest BCUT2D eigenvalue weighted by Gasteiger charge is 2.23. The summed E-state index contributed by atoms with van der Waals surface area (Å²) in [5.41, 5.74) is 0. The van der Waals surface area contributed by atoms with E-state index in [-0.39, 0.29) is 0 Å². The lowest BCUT2D eigenvalue weighted by atomic mass is 10.4. The third-order valence-electron chi connectivity index (χ3n) is 2.01. The molecule has 0 aliphatic carbocycles. The molecule has 3 nitrogen and oxygen atoms in total. The maximum absolute atomic E-state index is 5.82. The average molecular weight is 304 g/mol. The van der Waals surface area contributed by atoms with Gasteiger partial charge in [0.1, 0.15) is 0 Å². The summed E-state index contributed by atoms with van der Waals surface area (Å²) in [6, 6.07) is 8.43. The molecular formula is C10H13N2OPS3. The number of thiocarbonyl (C=S) groups is 1. The summed E-state index contributed by atoms with van der Waals surface area (Å²) in [6.07, 6.45) is 0. The zero-order valence-electron chi connectivity index (χ0n) is 9.30. The van der Waals surface area contributed by atoms with Crippen LogP contribution in [0.5, 0.6) is 0 Å². The van der Waals surface area contributed by atoms with Crippen LogP contribution in [0, 0.1) is 0 Å². The molecule has 2 rings (SSSR count). The molecule has 0 radical (unpaired) electrons. The standard InChI is InChI=1S/C10H13N2OPS3/c1-11-10(15)12-6-7-13-14-16-8-4-2-3-5-9(8)17-14/h2-5H,6-7H2,1H3,(H2,11,12,15). The van der Waals surface area contributed by atoms with E-state index in [1.165, 1.54) is 9.79 Å². The van der Waals surface area contributed by atoms with Gasteiger partial charge in [-0.2, -0.15) is 0 Å². The first-order valence-corrected chi connectivity index (χ1v) is 9.64. The minimum absolute atomic E-state index is 0.477. The van der Waals surface area contributed by atoms with Crippen molar-refractivity contribution in [2.24, 2.45) is 0 Å². The Bertz CT molecular complexity index is 380. The number of benzene rings is 1. The first kappa shape index (κ1) is 13.4. The summed E-state index contributed by atoms with van der Waals surface area (Å²) >= 11 is 8.64. The summed E-state index contributed by atoms with van der Waals surface area (Å²) < 4.78 is 5.82. The summed E-state index contributed by atoms with van der Waals surface area (Å²) in [5.74, 6) is 0. The van der Waals surface area contributed by atoms with Crippen LogP contribution in [0.1, 0.15) is 0 Å². The van der Waals surface area contributed by atoms with Gasteiger partial charge in [-0.3, -0.25) is 0 Å². The van der Waals surface area contributed by atoms with Gasteiger partial charge in [0.2, 0.25) is 0 Å². The molecule has 0 bridgehead atoms. The van der Waals surface area contributed by atoms with Crippen LogP contribution in [0.15, 0.2) is 34.1 Å². The maximum atomic E-state index is 5.82. The van der Waals surface area contributed by atoms with Crippen molar-refractivity contribution in [3.05, 3.63) is 24.3 Å². The highest BCUT2D eigenvalue weighted by atomic mass is 33.1. The van der Waals surface area contributed by atoms with Crippen molar-refractivity contribution >= 4 is 46.6 Å². The van der Waals surface area contributed by atoms with Gasteiger partial charge in [0.05, 0.1) is 6.61 Å². The summed E-state index contributed by atoms with van der Waals surface area (Å²) in [4.78, 5) is 2.67. The van der Waals surface area contributed by atoms with Gasteiger partial charge in [0, 0.05) is 23.4 Å². The van der Waals surface area contributed by atoms with E-state index in [0.717, 1.165) is 6.54 Å². The van der Waals surface area contributed by atoms with Crippen molar-refractivity contribution in [3.8, 4) is 0 Å². The fourth-order valence-electron chi connectivity index (χ4n) is 1.21. The largest absolute Gasteiger partial charge is 0.366 e. The monoisotopic (exact) mass is 304 g/mol. The molecule has 1 aromatic carbocycles. The number of hydrogen-bond donors (Lipinski definition) is 2. The predicted molar refractivity (Wildman–Crippen MR) is 80.7 cm³/mol. The molecule has 17 heavy (non-hydrogen) atoms. The third kappa shape index (κ3) is 4.00. The molecule has 0 saturated carbocycles. The van der Waals surface area contributed by atoms with Crippen LogP contribution >= 0.6 is 41.5 Å². The maximum Gasteiger partial charge on any atom is 0.166 e. The van der Waals surface area contributed by atoms with Gasteiger partial charge in [-0.25, -0.2) is 0 Å². The Morgan fingerprint density at radius 1 is 1.35 bits per heavy atom. The van der Waals surface area contributed by atoms with Crippen LogP contribution in [0.3, 0.4) is 0 Å². The Morgan fingerprint density at radius 3 is 2.59 bits per heavy atom. The molecule has 1 aliphatic rings. The van der Waals surface area contributed by atoms with Gasteiger partial charge in [-0.05, 0) is 24.4 Å². The van der Waals surface area contributed by atoms with Crippen molar-refractivity contribution in [1.29, 1.82) is 0 Å². The van der Waals surface area contributed by atoms with Crippen LogP contribution in [0.25, 0.3) is 0 Å². The Balaban J connectivity index is 1.68. The second-order valence-electron chi connectivity index (χ2n) is 3.19. The minimum Gasteiger partial charge on any atom is -0.366 e. The molecule has 0 spiro atoms. The first-order chi connectivity index (χ1) is 8.29. The number of rotatable bonds is 4. The van der Waals surface area contributed by atoms with Crippen LogP contribution in [-0.4, -0.2) is 25.3 Å². The second kappa shape index (κ2) is 6.81. The van der Waals surface area contributed by atoms with E-state index in [9.17, 15) is 0 Å². The molecule has 0 atom stereocenters. The average Bonchev–Trinajstić information content (AvgIpc) is 2.76. The molecule has 1 aliphatic heterocycles. The van der Waals surface area contributed by atoms with E-state index >= 15 is 0 Å². The summed E-state index contributed by atoms with van der Waals surface area (Å²) in [7, 11) is 1.81. The van der Waals surface area contributed by atoms with Crippen LogP contribution in [0.4, 0.5) is 0 Å². The SMILES string of the molecule is CNC(=S)NCCOP1Sc2ccccc2S1. The van der Waals surface area contributed by atoms with Gasteiger partial charge in [0.15, 0.2) is 11.7 Å². The van der Waals surface area contributed by atoms with Crippen LogP contribution in [0.2, 0.25) is 0 Å². The summed E-state index contributed by atoms with van der Waals surface area (Å²) in [6.45, 7) is 0.951. The van der Waals surface area contributed by atoms with Crippen molar-refractivity contribution in [3.63, 3.8) is 0 Å². The van der Waals surface area contributed by atoms with E-state index < -0.39 is 6.55 Å². The zero-order valence-corrected chi connectivity index (χ0v) is 12.6. The molecule has 0 unspecified atom stereocenters. The lowest BCUT2D eigenvalue weighted by molar-refractivity contribution is 0.372. The molecule has 2 N–H and O–H groups in total. The lowest BCUT2D eigenvalue weighted by Gasteiger charge is -2.10. The Morgan fingerprint density at radius 2 is 2.00 bits per heavy atom. The van der Waals surface area contributed by atoms with Crippen LogP contribution < -0.4 is 10.6 Å². The molecule has 0 aromatic heterocycles. The van der Waals surface area contributed by atoms with E-state index in [0.29, 0.717) is 11.7 Å². The Labute approximate surface area is 116 Å². The topological polar surface area (TPSA) is 33.3 Å². The minimum atomic E-state index is -0.477. The van der Waals surface area contributed by atoms with E-state index in [1.54, 1.807) is 7.05 Å². The molecule has 92 valence electrons. The van der Waals surface area contributed by atoms with Gasteiger partial charge in [-0.1, -0.05) is 34.9 Å². The first-order valence-electron chi connectivity index (χ1n) is 5.13. The highest BCUT2D eigenvalue weighted by Crippen LogP contribution is 2.73.